The lowest BCUT2D eigenvalue weighted by molar-refractivity contribution is 0.102. The molecule has 0 radical (unpaired) electrons. The molecule has 0 bridgehead atoms. The van der Waals surface area contributed by atoms with Gasteiger partial charge in [0.1, 0.15) is 11.5 Å². The molecule has 0 unspecified atom stereocenters. The van der Waals surface area contributed by atoms with Crippen LogP contribution in [0.1, 0.15) is 15.9 Å². The van der Waals surface area contributed by atoms with Crippen molar-refractivity contribution in [3.8, 4) is 11.5 Å². The number of benzene rings is 4. The van der Waals surface area contributed by atoms with Crippen LogP contribution in [0.5, 0.6) is 11.5 Å². The summed E-state index contributed by atoms with van der Waals surface area (Å²) in [6.45, 7) is 1.72. The molecule has 0 aliphatic heterocycles. The molecule has 0 saturated heterocycles. The van der Waals surface area contributed by atoms with E-state index in [1.54, 1.807) is 49.4 Å². The van der Waals surface area contributed by atoms with E-state index in [0.29, 0.717) is 22.7 Å². The first-order valence-electron chi connectivity index (χ1n) is 11.9. The molecule has 0 aliphatic rings. The maximum absolute atomic E-state index is 13.0. The van der Waals surface area contributed by atoms with E-state index in [0.717, 1.165) is 0 Å². The molecular formula is C28H27N3O7S2. The molecule has 0 saturated carbocycles. The normalized spacial score (nSPS) is 11.4. The highest BCUT2D eigenvalue weighted by molar-refractivity contribution is 7.93. The number of sulfonamides is 2. The fraction of sp³-hybridized carbons (Fsp3) is 0.107. The maximum atomic E-state index is 13.0. The van der Waals surface area contributed by atoms with E-state index >= 15 is 0 Å². The lowest BCUT2D eigenvalue weighted by Gasteiger charge is -2.14. The van der Waals surface area contributed by atoms with Crippen molar-refractivity contribution in [1.29, 1.82) is 0 Å². The number of amides is 1. The van der Waals surface area contributed by atoms with Crippen molar-refractivity contribution in [3.63, 3.8) is 0 Å². The van der Waals surface area contributed by atoms with Crippen LogP contribution in [0, 0.1) is 6.92 Å². The van der Waals surface area contributed by atoms with Crippen LogP contribution in [0.3, 0.4) is 0 Å². The van der Waals surface area contributed by atoms with Crippen LogP contribution in [0.2, 0.25) is 0 Å². The third-order valence-corrected chi connectivity index (χ3v) is 8.63. The molecule has 4 rings (SSSR count). The molecule has 0 aliphatic carbocycles. The molecule has 0 heterocycles. The number of carbonyl (C=O) groups excluding carboxylic acids is 1. The van der Waals surface area contributed by atoms with Gasteiger partial charge in [-0.1, -0.05) is 24.3 Å². The monoisotopic (exact) mass is 581 g/mol. The summed E-state index contributed by atoms with van der Waals surface area (Å²) in [6, 6.07) is 22.8. The topological polar surface area (TPSA) is 140 Å². The second kappa shape index (κ2) is 11.7. The van der Waals surface area contributed by atoms with Crippen molar-refractivity contribution >= 4 is 43.0 Å². The number of anilines is 3. The number of rotatable bonds is 10. The molecule has 4 aromatic rings. The van der Waals surface area contributed by atoms with Crippen molar-refractivity contribution in [3.05, 3.63) is 102 Å². The summed E-state index contributed by atoms with van der Waals surface area (Å²) in [4.78, 5) is 13.0. The van der Waals surface area contributed by atoms with E-state index in [9.17, 15) is 21.6 Å². The Hall–Kier alpha value is -4.55. The first-order chi connectivity index (χ1) is 19.0. The zero-order chi connectivity index (χ0) is 28.9. The Labute approximate surface area is 233 Å². The summed E-state index contributed by atoms with van der Waals surface area (Å²) in [5, 5.41) is 2.69. The predicted octanol–water partition coefficient (Wildman–Crippen LogP) is 4.87. The smallest absolute Gasteiger partial charge is 0.262 e. The van der Waals surface area contributed by atoms with Crippen LogP contribution >= 0.6 is 0 Å². The van der Waals surface area contributed by atoms with Gasteiger partial charge in [-0.2, -0.15) is 0 Å². The largest absolute Gasteiger partial charge is 0.497 e. The zero-order valence-electron chi connectivity index (χ0n) is 21.8. The molecule has 4 aromatic carbocycles. The summed E-state index contributed by atoms with van der Waals surface area (Å²) in [6.07, 6.45) is 0. The quantitative estimate of drug-likeness (QED) is 0.243. The minimum absolute atomic E-state index is 0.0386. The highest BCUT2D eigenvalue weighted by Crippen LogP contribution is 2.31. The Morgan fingerprint density at radius 3 is 1.93 bits per heavy atom. The number of hydrogen-bond acceptors (Lipinski definition) is 7. The third-order valence-electron chi connectivity index (χ3n) is 5.87. The molecule has 10 nitrogen and oxygen atoms in total. The molecule has 208 valence electrons. The number of methoxy groups -OCH3 is 2. The Bertz CT molecular complexity index is 1740. The minimum Gasteiger partial charge on any atom is -0.497 e. The lowest BCUT2D eigenvalue weighted by Crippen LogP contribution is -2.16. The van der Waals surface area contributed by atoms with E-state index in [1.165, 1.54) is 62.8 Å². The van der Waals surface area contributed by atoms with E-state index < -0.39 is 26.0 Å². The first-order valence-corrected chi connectivity index (χ1v) is 14.8. The first kappa shape index (κ1) is 28.5. The van der Waals surface area contributed by atoms with Crippen LogP contribution in [0.15, 0.2) is 101 Å². The third kappa shape index (κ3) is 6.53. The highest BCUT2D eigenvalue weighted by Gasteiger charge is 2.19. The fourth-order valence-corrected chi connectivity index (χ4v) is 5.90. The summed E-state index contributed by atoms with van der Waals surface area (Å²) >= 11 is 0. The Morgan fingerprint density at radius 2 is 1.30 bits per heavy atom. The number of hydrogen-bond donors (Lipinski definition) is 3. The number of aryl methyl sites for hydroxylation is 1. The number of nitrogens with one attached hydrogen (secondary N) is 3. The second-order valence-corrected chi connectivity index (χ2v) is 12.0. The van der Waals surface area contributed by atoms with Crippen LogP contribution in [-0.4, -0.2) is 37.0 Å². The average Bonchev–Trinajstić information content (AvgIpc) is 2.94. The summed E-state index contributed by atoms with van der Waals surface area (Å²) in [5.74, 6) is 0.260. The molecule has 0 aromatic heterocycles. The van der Waals surface area contributed by atoms with Crippen LogP contribution in [0.25, 0.3) is 0 Å². The van der Waals surface area contributed by atoms with E-state index in [1.807, 2.05) is 0 Å². The van der Waals surface area contributed by atoms with Crippen LogP contribution in [-0.2, 0) is 20.0 Å². The van der Waals surface area contributed by atoms with Crippen molar-refractivity contribution in [2.45, 2.75) is 16.7 Å². The second-order valence-electron chi connectivity index (χ2n) is 8.60. The van der Waals surface area contributed by atoms with Gasteiger partial charge in [-0.15, -0.1) is 0 Å². The maximum Gasteiger partial charge on any atom is 0.262 e. The van der Waals surface area contributed by atoms with Gasteiger partial charge in [-0.05, 0) is 73.2 Å². The molecule has 12 heteroatoms. The lowest BCUT2D eigenvalue weighted by atomic mass is 10.1. The molecule has 0 fully saturated rings. The van der Waals surface area contributed by atoms with Crippen molar-refractivity contribution < 1.29 is 31.1 Å². The van der Waals surface area contributed by atoms with Crippen LogP contribution in [0.4, 0.5) is 17.1 Å². The van der Waals surface area contributed by atoms with Gasteiger partial charge in [0.15, 0.2) is 0 Å². The van der Waals surface area contributed by atoms with E-state index in [4.69, 9.17) is 9.47 Å². The minimum atomic E-state index is -3.98. The molecule has 0 atom stereocenters. The Balaban J connectivity index is 1.49. The van der Waals surface area contributed by atoms with Gasteiger partial charge in [0.25, 0.3) is 26.0 Å². The summed E-state index contributed by atoms with van der Waals surface area (Å²) in [7, 11) is -4.94. The van der Waals surface area contributed by atoms with Gasteiger partial charge in [0, 0.05) is 17.3 Å². The van der Waals surface area contributed by atoms with Crippen molar-refractivity contribution in [1.82, 2.24) is 0 Å². The predicted molar refractivity (Wildman–Crippen MR) is 153 cm³/mol. The molecule has 1 amide bonds. The number of carbonyl (C=O) groups is 1. The van der Waals surface area contributed by atoms with Gasteiger partial charge in [0.2, 0.25) is 0 Å². The Morgan fingerprint density at radius 1 is 0.675 bits per heavy atom. The average molecular weight is 582 g/mol. The van der Waals surface area contributed by atoms with Gasteiger partial charge >= 0.3 is 0 Å². The van der Waals surface area contributed by atoms with Crippen molar-refractivity contribution in [2.75, 3.05) is 29.0 Å². The van der Waals surface area contributed by atoms with Gasteiger partial charge in [-0.25, -0.2) is 16.8 Å². The molecule has 0 spiro atoms. The SMILES string of the molecule is COc1ccc(OC)c(NS(=O)(=O)c2ccc(NC(=O)c3ccc(C)c(NS(=O)(=O)c4ccccc4)c3)cc2)c1. The van der Waals surface area contributed by atoms with Crippen LogP contribution < -0.4 is 24.2 Å². The fourth-order valence-electron chi connectivity index (χ4n) is 3.69. The summed E-state index contributed by atoms with van der Waals surface area (Å²) in [5.41, 5.74) is 1.65. The van der Waals surface area contributed by atoms with Crippen molar-refractivity contribution in [2.24, 2.45) is 0 Å². The van der Waals surface area contributed by atoms with Gasteiger partial charge in [0.05, 0.1) is 35.4 Å². The standard InChI is InChI=1S/C28H27N3O7S2/c1-19-9-10-20(17-25(19)30-39(33,34)23-7-5-4-6-8-23)28(32)29-21-11-14-24(15-12-21)40(35,36)31-26-18-22(37-2)13-16-27(26)38-3/h4-18,30-31H,1-3H3,(H,29,32). The molecule has 3 N–H and O–H groups in total. The highest BCUT2D eigenvalue weighted by atomic mass is 32.2. The zero-order valence-corrected chi connectivity index (χ0v) is 23.5. The van der Waals surface area contributed by atoms with Gasteiger partial charge < -0.3 is 14.8 Å². The van der Waals surface area contributed by atoms with E-state index in [2.05, 4.69) is 14.8 Å². The van der Waals surface area contributed by atoms with Gasteiger partial charge in [-0.3, -0.25) is 14.2 Å². The molecule has 40 heavy (non-hydrogen) atoms. The molecular weight excluding hydrogens is 554 g/mol. The Kier molecular flexibility index (Phi) is 8.31. The number of ether oxygens (including phenoxy) is 2. The van der Waals surface area contributed by atoms with E-state index in [-0.39, 0.29) is 26.7 Å². The summed E-state index contributed by atoms with van der Waals surface area (Å²) < 4.78 is 66.8.